The number of hydrogen-bond acceptors (Lipinski definition) is 2. The predicted molar refractivity (Wildman–Crippen MR) is 47.6 cm³/mol. The first-order chi connectivity index (χ1) is 5.83. The number of carbonyl (C=O) groups excluding carboxylic acids is 1. The van der Waals surface area contributed by atoms with E-state index in [4.69, 9.17) is 4.74 Å². The average Bonchev–Trinajstić information content (AvgIpc) is 2.06. The van der Waals surface area contributed by atoms with Gasteiger partial charge in [-0.15, -0.1) is 0 Å². The number of esters is 1. The molecule has 0 atom stereocenters. The molecule has 2 heteroatoms. The van der Waals surface area contributed by atoms with Crippen molar-refractivity contribution in [3.05, 3.63) is 24.3 Å². The summed E-state index contributed by atoms with van der Waals surface area (Å²) in [6.07, 6.45) is 9.71. The van der Waals surface area contributed by atoms with Gasteiger partial charge in [-0.1, -0.05) is 24.3 Å². The molecule has 0 bridgehead atoms. The SMILES string of the molecule is CCOC(=O)CC1C=CCC=C1. The van der Waals surface area contributed by atoms with E-state index in [0.29, 0.717) is 13.0 Å². The maximum absolute atomic E-state index is 11.0. The van der Waals surface area contributed by atoms with Gasteiger partial charge in [0.1, 0.15) is 0 Å². The summed E-state index contributed by atoms with van der Waals surface area (Å²) in [6.45, 7) is 2.30. The van der Waals surface area contributed by atoms with Gasteiger partial charge < -0.3 is 4.74 Å². The van der Waals surface area contributed by atoms with Crippen LogP contribution in [0.5, 0.6) is 0 Å². The van der Waals surface area contributed by atoms with Crippen molar-refractivity contribution in [2.75, 3.05) is 6.61 Å². The Kier molecular flexibility index (Phi) is 3.58. The molecule has 0 radical (unpaired) electrons. The number of ether oxygens (including phenoxy) is 1. The minimum atomic E-state index is -0.112. The topological polar surface area (TPSA) is 26.3 Å². The maximum atomic E-state index is 11.0. The quantitative estimate of drug-likeness (QED) is 0.474. The fraction of sp³-hybridized carbons (Fsp3) is 0.500. The van der Waals surface area contributed by atoms with Gasteiger partial charge in [0.25, 0.3) is 0 Å². The summed E-state index contributed by atoms with van der Waals surface area (Å²) < 4.78 is 4.84. The zero-order valence-corrected chi connectivity index (χ0v) is 7.32. The van der Waals surface area contributed by atoms with E-state index in [1.165, 1.54) is 0 Å². The smallest absolute Gasteiger partial charge is 0.306 e. The number of hydrogen-bond donors (Lipinski definition) is 0. The molecule has 0 heterocycles. The van der Waals surface area contributed by atoms with Crippen molar-refractivity contribution < 1.29 is 9.53 Å². The van der Waals surface area contributed by atoms with Gasteiger partial charge >= 0.3 is 5.97 Å². The Morgan fingerprint density at radius 3 is 2.75 bits per heavy atom. The van der Waals surface area contributed by atoms with E-state index < -0.39 is 0 Å². The lowest BCUT2D eigenvalue weighted by atomic mass is 10.0. The molecule has 12 heavy (non-hydrogen) atoms. The maximum Gasteiger partial charge on any atom is 0.306 e. The van der Waals surface area contributed by atoms with Gasteiger partial charge in [-0.2, -0.15) is 0 Å². The minimum absolute atomic E-state index is 0.112. The molecule has 0 aromatic heterocycles. The first-order valence-electron chi connectivity index (χ1n) is 4.32. The van der Waals surface area contributed by atoms with Crippen LogP contribution in [0.3, 0.4) is 0 Å². The summed E-state index contributed by atoms with van der Waals surface area (Å²) in [5, 5.41) is 0. The first-order valence-corrected chi connectivity index (χ1v) is 4.32. The van der Waals surface area contributed by atoms with Gasteiger partial charge in [-0.25, -0.2) is 0 Å². The fourth-order valence-electron chi connectivity index (χ4n) is 1.20. The second-order valence-corrected chi connectivity index (χ2v) is 2.77. The molecule has 0 fully saturated rings. The Hall–Kier alpha value is -1.05. The lowest BCUT2D eigenvalue weighted by Crippen LogP contribution is -2.09. The summed E-state index contributed by atoms with van der Waals surface area (Å²) in [7, 11) is 0. The standard InChI is InChI=1S/C10H14O2/c1-2-12-10(11)8-9-6-4-3-5-7-9/h4-7,9H,2-3,8H2,1H3. The molecule has 1 aliphatic rings. The summed E-state index contributed by atoms with van der Waals surface area (Å²) >= 11 is 0. The Morgan fingerprint density at radius 1 is 1.50 bits per heavy atom. The number of carbonyl (C=O) groups is 1. The van der Waals surface area contributed by atoms with E-state index in [-0.39, 0.29) is 11.9 Å². The highest BCUT2D eigenvalue weighted by Gasteiger charge is 2.09. The second-order valence-electron chi connectivity index (χ2n) is 2.77. The van der Waals surface area contributed by atoms with Crippen LogP contribution in [-0.2, 0) is 9.53 Å². The summed E-state index contributed by atoms with van der Waals surface area (Å²) in [4.78, 5) is 11.0. The molecule has 0 saturated carbocycles. The van der Waals surface area contributed by atoms with Crippen LogP contribution in [0.15, 0.2) is 24.3 Å². The molecular weight excluding hydrogens is 152 g/mol. The van der Waals surface area contributed by atoms with Crippen LogP contribution >= 0.6 is 0 Å². The molecule has 1 aliphatic carbocycles. The molecule has 1 rings (SSSR count). The monoisotopic (exact) mass is 166 g/mol. The molecular formula is C10H14O2. The van der Waals surface area contributed by atoms with Crippen LogP contribution in [0, 0.1) is 5.92 Å². The molecule has 0 aliphatic heterocycles. The second kappa shape index (κ2) is 4.75. The first kappa shape index (κ1) is 9.04. The molecule has 0 unspecified atom stereocenters. The molecule has 0 amide bonds. The molecule has 0 aromatic rings. The van der Waals surface area contributed by atoms with Crippen molar-refractivity contribution in [3.63, 3.8) is 0 Å². The normalized spacial score (nSPS) is 16.4. The Labute approximate surface area is 72.9 Å². The van der Waals surface area contributed by atoms with Gasteiger partial charge in [-0.3, -0.25) is 4.79 Å². The lowest BCUT2D eigenvalue weighted by molar-refractivity contribution is -0.143. The Morgan fingerprint density at radius 2 is 2.17 bits per heavy atom. The van der Waals surface area contributed by atoms with E-state index >= 15 is 0 Å². The van der Waals surface area contributed by atoms with Crippen LogP contribution in [0.4, 0.5) is 0 Å². The molecule has 0 N–H and O–H groups in total. The third-order valence-corrected chi connectivity index (χ3v) is 1.75. The largest absolute Gasteiger partial charge is 0.466 e. The molecule has 2 nitrogen and oxygen atoms in total. The third kappa shape index (κ3) is 2.91. The van der Waals surface area contributed by atoms with E-state index in [2.05, 4.69) is 24.3 Å². The van der Waals surface area contributed by atoms with Gasteiger partial charge in [0.2, 0.25) is 0 Å². The van der Waals surface area contributed by atoms with Gasteiger partial charge in [0, 0.05) is 5.92 Å². The lowest BCUT2D eigenvalue weighted by Gasteiger charge is -2.09. The van der Waals surface area contributed by atoms with Crippen molar-refractivity contribution in [1.82, 2.24) is 0 Å². The molecule has 0 spiro atoms. The highest BCUT2D eigenvalue weighted by atomic mass is 16.5. The molecule has 0 aromatic carbocycles. The van der Waals surface area contributed by atoms with Gasteiger partial charge in [0.15, 0.2) is 0 Å². The van der Waals surface area contributed by atoms with E-state index in [9.17, 15) is 4.79 Å². The number of rotatable bonds is 3. The summed E-state index contributed by atoms with van der Waals surface area (Å²) in [5.74, 6) is 0.136. The van der Waals surface area contributed by atoms with Crippen LogP contribution < -0.4 is 0 Å². The zero-order chi connectivity index (χ0) is 8.81. The minimum Gasteiger partial charge on any atom is -0.466 e. The average molecular weight is 166 g/mol. The van der Waals surface area contributed by atoms with Crippen molar-refractivity contribution in [2.24, 2.45) is 5.92 Å². The Bertz CT molecular complexity index is 192. The number of allylic oxidation sites excluding steroid dienone is 4. The van der Waals surface area contributed by atoms with Gasteiger partial charge in [0.05, 0.1) is 13.0 Å². The Balaban J connectivity index is 2.30. The third-order valence-electron chi connectivity index (χ3n) is 1.75. The zero-order valence-electron chi connectivity index (χ0n) is 7.32. The van der Waals surface area contributed by atoms with Crippen molar-refractivity contribution in [3.8, 4) is 0 Å². The van der Waals surface area contributed by atoms with Crippen LogP contribution in [0.1, 0.15) is 19.8 Å². The highest BCUT2D eigenvalue weighted by molar-refractivity contribution is 5.70. The van der Waals surface area contributed by atoms with E-state index in [1.807, 2.05) is 6.92 Å². The predicted octanol–water partition coefficient (Wildman–Crippen LogP) is 2.07. The van der Waals surface area contributed by atoms with Gasteiger partial charge in [-0.05, 0) is 13.3 Å². The van der Waals surface area contributed by atoms with Crippen molar-refractivity contribution in [2.45, 2.75) is 19.8 Å². The van der Waals surface area contributed by atoms with Crippen LogP contribution in [-0.4, -0.2) is 12.6 Å². The van der Waals surface area contributed by atoms with Crippen LogP contribution in [0.2, 0.25) is 0 Å². The van der Waals surface area contributed by atoms with E-state index in [0.717, 1.165) is 6.42 Å². The van der Waals surface area contributed by atoms with Crippen molar-refractivity contribution in [1.29, 1.82) is 0 Å². The molecule has 66 valence electrons. The van der Waals surface area contributed by atoms with Crippen LogP contribution in [0.25, 0.3) is 0 Å². The van der Waals surface area contributed by atoms with E-state index in [1.54, 1.807) is 0 Å². The summed E-state index contributed by atoms with van der Waals surface area (Å²) in [5.41, 5.74) is 0. The molecule has 0 saturated heterocycles. The van der Waals surface area contributed by atoms with Crippen molar-refractivity contribution >= 4 is 5.97 Å². The highest BCUT2D eigenvalue weighted by Crippen LogP contribution is 2.13. The fourth-order valence-corrected chi connectivity index (χ4v) is 1.20. The summed E-state index contributed by atoms with van der Waals surface area (Å²) in [6, 6.07) is 0.